The van der Waals surface area contributed by atoms with Gasteiger partial charge in [0.2, 0.25) is 5.88 Å². The molecule has 0 spiro atoms. The molecule has 0 atom stereocenters. The summed E-state index contributed by atoms with van der Waals surface area (Å²) in [5, 5.41) is 1.16. The van der Waals surface area contributed by atoms with E-state index in [1.54, 1.807) is 18.3 Å². The Morgan fingerprint density at radius 2 is 1.75 bits per heavy atom. The second-order valence-corrected chi connectivity index (χ2v) is 6.85. The largest absolute Gasteiger partial charge is 0.477 e. The van der Waals surface area contributed by atoms with Crippen LogP contribution in [-0.2, 0) is 6.54 Å². The number of carbonyl (C=O) groups is 1. The minimum Gasteiger partial charge on any atom is -0.477 e. The molecule has 6 heteroatoms. The fraction of sp³-hybridized carbons (Fsp3) is 0.318. The number of hydrogen-bond donors (Lipinski definition) is 0. The van der Waals surface area contributed by atoms with Crippen LogP contribution in [-0.4, -0.2) is 58.5 Å². The predicted molar refractivity (Wildman–Crippen MR) is 108 cm³/mol. The Bertz CT molecular complexity index is 962. The Hall–Kier alpha value is -2.99. The molecular weight excluding hydrogens is 352 g/mol. The number of fused-ring (bicyclic) bond motifs is 1. The summed E-state index contributed by atoms with van der Waals surface area (Å²) in [5.41, 5.74) is 2.82. The third-order valence-electron chi connectivity index (χ3n) is 5.05. The van der Waals surface area contributed by atoms with Gasteiger partial charge in [0, 0.05) is 50.5 Å². The highest BCUT2D eigenvalue weighted by Crippen LogP contribution is 2.20. The molecule has 1 aliphatic rings. The number of aromatic nitrogens is 2. The van der Waals surface area contributed by atoms with Gasteiger partial charge in [-0.25, -0.2) is 4.98 Å². The molecule has 4 rings (SSSR count). The van der Waals surface area contributed by atoms with E-state index in [4.69, 9.17) is 4.74 Å². The molecule has 0 radical (unpaired) electrons. The Balaban J connectivity index is 1.41. The van der Waals surface area contributed by atoms with Crippen LogP contribution < -0.4 is 4.74 Å². The molecule has 3 aromatic rings. The molecule has 0 bridgehead atoms. The summed E-state index contributed by atoms with van der Waals surface area (Å²) in [6, 6.07) is 13.9. The molecule has 0 saturated carbocycles. The first-order valence-corrected chi connectivity index (χ1v) is 9.68. The van der Waals surface area contributed by atoms with E-state index in [-0.39, 0.29) is 5.91 Å². The van der Waals surface area contributed by atoms with Crippen LogP contribution >= 0.6 is 0 Å². The molecule has 0 N–H and O–H groups in total. The van der Waals surface area contributed by atoms with Crippen LogP contribution in [0.25, 0.3) is 10.9 Å². The summed E-state index contributed by atoms with van der Waals surface area (Å²) in [7, 11) is 0. The first-order chi connectivity index (χ1) is 13.8. The number of pyridine rings is 2. The zero-order chi connectivity index (χ0) is 19.3. The standard InChI is InChI=1S/C22H24N4O2/c1-2-28-21-19(9-5-11-24-21)22(27)26-14-12-25(13-15-26)16-18-7-3-6-17-8-4-10-23-20(17)18/h3-11H,2,12-16H2,1H3. The summed E-state index contributed by atoms with van der Waals surface area (Å²) < 4.78 is 5.51. The minimum atomic E-state index is -0.0111. The van der Waals surface area contributed by atoms with E-state index < -0.39 is 0 Å². The van der Waals surface area contributed by atoms with Crippen molar-refractivity contribution >= 4 is 16.8 Å². The van der Waals surface area contributed by atoms with Gasteiger partial charge >= 0.3 is 0 Å². The lowest BCUT2D eigenvalue weighted by Gasteiger charge is -2.35. The Kier molecular flexibility index (Phi) is 5.48. The Morgan fingerprint density at radius 3 is 2.57 bits per heavy atom. The summed E-state index contributed by atoms with van der Waals surface area (Å²) >= 11 is 0. The first-order valence-electron chi connectivity index (χ1n) is 9.68. The van der Waals surface area contributed by atoms with Crippen molar-refractivity contribution in [2.75, 3.05) is 32.8 Å². The van der Waals surface area contributed by atoms with E-state index in [9.17, 15) is 4.79 Å². The van der Waals surface area contributed by atoms with Crippen LogP contribution in [0.15, 0.2) is 54.9 Å². The first kappa shape index (κ1) is 18.4. The lowest BCUT2D eigenvalue weighted by Crippen LogP contribution is -2.48. The van der Waals surface area contributed by atoms with E-state index in [2.05, 4.69) is 39.1 Å². The minimum absolute atomic E-state index is 0.0111. The lowest BCUT2D eigenvalue weighted by atomic mass is 10.1. The molecule has 28 heavy (non-hydrogen) atoms. The second-order valence-electron chi connectivity index (χ2n) is 6.85. The van der Waals surface area contributed by atoms with Gasteiger partial charge in [-0.05, 0) is 30.7 Å². The van der Waals surface area contributed by atoms with Crippen molar-refractivity contribution in [2.45, 2.75) is 13.5 Å². The van der Waals surface area contributed by atoms with E-state index in [1.807, 2.05) is 24.1 Å². The third-order valence-corrected chi connectivity index (χ3v) is 5.05. The van der Waals surface area contributed by atoms with Crippen molar-refractivity contribution in [3.63, 3.8) is 0 Å². The molecule has 1 aliphatic heterocycles. The van der Waals surface area contributed by atoms with Crippen LogP contribution in [0, 0.1) is 0 Å². The van der Waals surface area contributed by atoms with Crippen LogP contribution in [0.3, 0.4) is 0 Å². The van der Waals surface area contributed by atoms with Crippen molar-refractivity contribution in [3.05, 3.63) is 66.0 Å². The highest BCUT2D eigenvalue weighted by atomic mass is 16.5. The summed E-state index contributed by atoms with van der Waals surface area (Å²) in [5.74, 6) is 0.405. The van der Waals surface area contributed by atoms with E-state index in [1.165, 1.54) is 5.56 Å². The van der Waals surface area contributed by atoms with E-state index >= 15 is 0 Å². The fourth-order valence-corrected chi connectivity index (χ4v) is 3.62. The van der Waals surface area contributed by atoms with Gasteiger partial charge in [0.15, 0.2) is 0 Å². The molecule has 3 heterocycles. The number of benzene rings is 1. The normalized spacial score (nSPS) is 15.0. The maximum atomic E-state index is 12.9. The van der Waals surface area contributed by atoms with Gasteiger partial charge in [0.25, 0.3) is 5.91 Å². The van der Waals surface area contributed by atoms with E-state index in [0.29, 0.717) is 31.1 Å². The maximum Gasteiger partial charge on any atom is 0.259 e. The van der Waals surface area contributed by atoms with Crippen LogP contribution in [0.1, 0.15) is 22.8 Å². The van der Waals surface area contributed by atoms with Crippen molar-refractivity contribution in [2.24, 2.45) is 0 Å². The highest BCUT2D eigenvalue weighted by molar-refractivity contribution is 5.96. The summed E-state index contributed by atoms with van der Waals surface area (Å²) in [4.78, 5) is 25.9. The van der Waals surface area contributed by atoms with Gasteiger partial charge in [0.05, 0.1) is 12.1 Å². The average Bonchev–Trinajstić information content (AvgIpc) is 2.75. The molecule has 0 unspecified atom stereocenters. The average molecular weight is 376 g/mol. The van der Waals surface area contributed by atoms with Crippen LogP contribution in [0.4, 0.5) is 0 Å². The summed E-state index contributed by atoms with van der Waals surface area (Å²) in [6.07, 6.45) is 3.49. The number of nitrogens with zero attached hydrogens (tertiary/aromatic N) is 4. The number of carbonyl (C=O) groups excluding carboxylic acids is 1. The molecule has 6 nitrogen and oxygen atoms in total. The number of rotatable bonds is 5. The second kappa shape index (κ2) is 8.35. The smallest absolute Gasteiger partial charge is 0.259 e. The van der Waals surface area contributed by atoms with Crippen molar-refractivity contribution in [1.82, 2.24) is 19.8 Å². The Labute approximate surface area is 164 Å². The van der Waals surface area contributed by atoms with E-state index in [0.717, 1.165) is 30.5 Å². The molecule has 144 valence electrons. The number of piperazine rings is 1. The monoisotopic (exact) mass is 376 g/mol. The van der Waals surface area contributed by atoms with Gasteiger partial charge in [-0.1, -0.05) is 24.3 Å². The maximum absolute atomic E-state index is 12.9. The molecule has 1 fully saturated rings. The predicted octanol–water partition coefficient (Wildman–Crippen LogP) is 2.99. The molecule has 1 amide bonds. The van der Waals surface area contributed by atoms with Crippen LogP contribution in [0.2, 0.25) is 0 Å². The van der Waals surface area contributed by atoms with Gasteiger partial charge < -0.3 is 9.64 Å². The summed E-state index contributed by atoms with van der Waals surface area (Å²) in [6.45, 7) is 6.27. The topological polar surface area (TPSA) is 58.6 Å². The molecule has 1 aromatic carbocycles. The number of para-hydroxylation sites is 1. The van der Waals surface area contributed by atoms with Crippen molar-refractivity contribution in [1.29, 1.82) is 0 Å². The fourth-order valence-electron chi connectivity index (χ4n) is 3.62. The zero-order valence-corrected chi connectivity index (χ0v) is 16.0. The Morgan fingerprint density at radius 1 is 1.00 bits per heavy atom. The van der Waals surface area contributed by atoms with Crippen molar-refractivity contribution < 1.29 is 9.53 Å². The number of amides is 1. The number of hydrogen-bond acceptors (Lipinski definition) is 5. The molecule has 0 aliphatic carbocycles. The third kappa shape index (κ3) is 3.82. The van der Waals surface area contributed by atoms with Crippen LogP contribution in [0.5, 0.6) is 5.88 Å². The molecule has 1 saturated heterocycles. The molecular formula is C22H24N4O2. The highest BCUT2D eigenvalue weighted by Gasteiger charge is 2.25. The quantitative estimate of drug-likeness (QED) is 0.685. The van der Waals surface area contributed by atoms with Gasteiger partial charge in [0.1, 0.15) is 5.56 Å². The van der Waals surface area contributed by atoms with Gasteiger partial charge in [-0.3, -0.25) is 14.7 Å². The van der Waals surface area contributed by atoms with Gasteiger partial charge in [-0.2, -0.15) is 0 Å². The number of ether oxygens (including phenoxy) is 1. The molecule has 2 aromatic heterocycles. The zero-order valence-electron chi connectivity index (χ0n) is 16.0. The lowest BCUT2D eigenvalue weighted by molar-refractivity contribution is 0.0624. The van der Waals surface area contributed by atoms with Crippen molar-refractivity contribution in [3.8, 4) is 5.88 Å². The van der Waals surface area contributed by atoms with Gasteiger partial charge in [-0.15, -0.1) is 0 Å². The SMILES string of the molecule is CCOc1ncccc1C(=O)N1CCN(Cc2cccc3cccnc23)CC1.